The zero-order valence-electron chi connectivity index (χ0n) is 10.1. The molecule has 0 aliphatic carbocycles. The fraction of sp³-hybridized carbons (Fsp3) is 0.917. The second kappa shape index (κ2) is 4.72. The number of nitrogens with zero attached hydrogens (tertiary/aromatic N) is 1. The predicted octanol–water partition coefficient (Wildman–Crippen LogP) is 0.753. The Kier molecular flexibility index (Phi) is 3.50. The quantitative estimate of drug-likeness (QED) is 0.756. The van der Waals surface area contributed by atoms with Gasteiger partial charge in [0, 0.05) is 26.3 Å². The number of nitrogens with two attached hydrogens (primary N) is 1. The van der Waals surface area contributed by atoms with Crippen LogP contribution in [0.25, 0.3) is 0 Å². The van der Waals surface area contributed by atoms with Crippen molar-refractivity contribution < 1.29 is 9.53 Å². The van der Waals surface area contributed by atoms with Gasteiger partial charge < -0.3 is 15.4 Å². The Labute approximate surface area is 97.1 Å². The molecule has 2 N–H and O–H groups in total. The van der Waals surface area contributed by atoms with Crippen molar-refractivity contribution in [1.29, 1.82) is 0 Å². The third kappa shape index (κ3) is 2.23. The zero-order valence-corrected chi connectivity index (χ0v) is 10.1. The fourth-order valence-electron chi connectivity index (χ4n) is 2.74. The molecule has 2 heterocycles. The van der Waals surface area contributed by atoms with E-state index in [2.05, 4.69) is 0 Å². The van der Waals surface area contributed by atoms with Crippen molar-refractivity contribution in [2.45, 2.75) is 38.6 Å². The van der Waals surface area contributed by atoms with Crippen LogP contribution < -0.4 is 5.73 Å². The number of carbonyl (C=O) groups excluding carboxylic acids is 1. The van der Waals surface area contributed by atoms with Gasteiger partial charge in [0.2, 0.25) is 5.91 Å². The molecule has 4 nitrogen and oxygen atoms in total. The van der Waals surface area contributed by atoms with E-state index in [0.29, 0.717) is 5.41 Å². The summed E-state index contributed by atoms with van der Waals surface area (Å²) < 4.78 is 5.39. The summed E-state index contributed by atoms with van der Waals surface area (Å²) in [7, 11) is 0. The van der Waals surface area contributed by atoms with Crippen LogP contribution in [0, 0.1) is 5.41 Å². The molecule has 2 aliphatic heterocycles. The van der Waals surface area contributed by atoms with Gasteiger partial charge in [0.1, 0.15) is 0 Å². The number of ether oxygens (including phenoxy) is 1. The molecule has 0 radical (unpaired) electrons. The van der Waals surface area contributed by atoms with Crippen molar-refractivity contribution >= 4 is 5.91 Å². The fourth-order valence-corrected chi connectivity index (χ4v) is 2.74. The van der Waals surface area contributed by atoms with Crippen LogP contribution in [0.1, 0.15) is 32.6 Å². The number of amides is 1. The summed E-state index contributed by atoms with van der Waals surface area (Å²) >= 11 is 0. The van der Waals surface area contributed by atoms with E-state index in [1.807, 2.05) is 11.8 Å². The van der Waals surface area contributed by atoms with Crippen molar-refractivity contribution in [3.8, 4) is 0 Å². The number of hydrogen-bond donors (Lipinski definition) is 1. The maximum atomic E-state index is 12.0. The van der Waals surface area contributed by atoms with E-state index in [1.165, 1.54) is 0 Å². The molecule has 0 aromatic heterocycles. The molecule has 0 saturated carbocycles. The maximum absolute atomic E-state index is 12.0. The average Bonchev–Trinajstić information content (AvgIpc) is 2.72. The monoisotopic (exact) mass is 226 g/mol. The Morgan fingerprint density at radius 1 is 1.44 bits per heavy atom. The van der Waals surface area contributed by atoms with E-state index in [1.54, 1.807) is 0 Å². The molecule has 1 atom stereocenters. The number of likely N-dealkylation sites (tertiary alicyclic amines) is 1. The van der Waals surface area contributed by atoms with E-state index in [4.69, 9.17) is 10.5 Å². The minimum atomic E-state index is -0.310. The Balaban J connectivity index is 1.94. The molecule has 1 spiro atoms. The van der Waals surface area contributed by atoms with Crippen molar-refractivity contribution in [3.63, 3.8) is 0 Å². The highest BCUT2D eigenvalue weighted by Crippen LogP contribution is 2.39. The highest BCUT2D eigenvalue weighted by atomic mass is 16.5. The summed E-state index contributed by atoms with van der Waals surface area (Å²) in [5.41, 5.74) is 6.13. The minimum absolute atomic E-state index is 0.130. The topological polar surface area (TPSA) is 55.6 Å². The lowest BCUT2D eigenvalue weighted by Gasteiger charge is -2.33. The first-order valence-electron chi connectivity index (χ1n) is 6.29. The second-order valence-electron chi connectivity index (χ2n) is 5.14. The normalized spacial score (nSPS) is 26.0. The molecule has 4 heteroatoms. The van der Waals surface area contributed by atoms with E-state index in [0.717, 1.165) is 52.0 Å². The first-order valence-corrected chi connectivity index (χ1v) is 6.29. The van der Waals surface area contributed by atoms with E-state index >= 15 is 0 Å². The standard InChI is InChI=1S/C12H22N2O2/c1-2-10(13)11(15)14-6-3-12(9-14)4-7-16-8-5-12/h10H,2-9,13H2,1H3/t10-/m0/s1. The molecule has 0 unspecified atom stereocenters. The van der Waals surface area contributed by atoms with E-state index < -0.39 is 0 Å². The van der Waals surface area contributed by atoms with Gasteiger partial charge >= 0.3 is 0 Å². The molecule has 2 fully saturated rings. The molecule has 92 valence electrons. The van der Waals surface area contributed by atoms with Gasteiger partial charge in [-0.3, -0.25) is 4.79 Å². The van der Waals surface area contributed by atoms with Gasteiger partial charge in [-0.15, -0.1) is 0 Å². The Morgan fingerprint density at radius 3 is 2.75 bits per heavy atom. The van der Waals surface area contributed by atoms with Gasteiger partial charge in [-0.05, 0) is 31.1 Å². The molecule has 2 aliphatic rings. The highest BCUT2D eigenvalue weighted by molar-refractivity contribution is 5.81. The Hall–Kier alpha value is -0.610. The van der Waals surface area contributed by atoms with Gasteiger partial charge in [0.25, 0.3) is 0 Å². The second-order valence-corrected chi connectivity index (χ2v) is 5.14. The molecular weight excluding hydrogens is 204 g/mol. The van der Waals surface area contributed by atoms with Gasteiger partial charge in [-0.1, -0.05) is 6.92 Å². The van der Waals surface area contributed by atoms with Crippen LogP contribution in [-0.4, -0.2) is 43.2 Å². The lowest BCUT2D eigenvalue weighted by Crippen LogP contribution is -2.43. The minimum Gasteiger partial charge on any atom is -0.381 e. The lowest BCUT2D eigenvalue weighted by molar-refractivity contribution is -0.132. The number of rotatable bonds is 2. The number of carbonyl (C=O) groups is 1. The molecule has 1 amide bonds. The molecule has 2 saturated heterocycles. The van der Waals surface area contributed by atoms with Crippen molar-refractivity contribution in [2.75, 3.05) is 26.3 Å². The van der Waals surface area contributed by atoms with Crippen molar-refractivity contribution in [3.05, 3.63) is 0 Å². The van der Waals surface area contributed by atoms with Crippen LogP contribution >= 0.6 is 0 Å². The summed E-state index contributed by atoms with van der Waals surface area (Å²) in [4.78, 5) is 13.9. The first-order chi connectivity index (χ1) is 7.67. The number of hydrogen-bond acceptors (Lipinski definition) is 3. The third-order valence-corrected chi connectivity index (χ3v) is 4.06. The molecule has 2 rings (SSSR count). The summed E-state index contributed by atoms with van der Waals surface area (Å²) in [6, 6.07) is -0.310. The summed E-state index contributed by atoms with van der Waals surface area (Å²) in [5.74, 6) is 0.130. The zero-order chi connectivity index (χ0) is 11.6. The van der Waals surface area contributed by atoms with E-state index in [-0.39, 0.29) is 11.9 Å². The van der Waals surface area contributed by atoms with Crippen molar-refractivity contribution in [1.82, 2.24) is 4.90 Å². The Morgan fingerprint density at radius 2 is 2.12 bits per heavy atom. The smallest absolute Gasteiger partial charge is 0.239 e. The molecule has 16 heavy (non-hydrogen) atoms. The summed E-state index contributed by atoms with van der Waals surface area (Å²) in [5, 5.41) is 0. The van der Waals surface area contributed by atoms with Gasteiger partial charge in [0.15, 0.2) is 0 Å². The largest absolute Gasteiger partial charge is 0.381 e. The molecule has 0 aromatic rings. The van der Waals surface area contributed by atoms with Crippen LogP contribution in [0.15, 0.2) is 0 Å². The van der Waals surface area contributed by atoms with Crippen LogP contribution in [0.3, 0.4) is 0 Å². The van der Waals surface area contributed by atoms with Crippen LogP contribution in [0.5, 0.6) is 0 Å². The van der Waals surface area contributed by atoms with Gasteiger partial charge in [-0.2, -0.15) is 0 Å². The van der Waals surface area contributed by atoms with Gasteiger partial charge in [-0.25, -0.2) is 0 Å². The highest BCUT2D eigenvalue weighted by Gasteiger charge is 2.41. The molecular formula is C12H22N2O2. The lowest BCUT2D eigenvalue weighted by atomic mass is 9.80. The van der Waals surface area contributed by atoms with Gasteiger partial charge in [0.05, 0.1) is 6.04 Å². The van der Waals surface area contributed by atoms with Crippen LogP contribution in [0.2, 0.25) is 0 Å². The molecule has 0 bridgehead atoms. The van der Waals surface area contributed by atoms with Crippen LogP contribution in [0.4, 0.5) is 0 Å². The maximum Gasteiger partial charge on any atom is 0.239 e. The SMILES string of the molecule is CC[C@H](N)C(=O)N1CCC2(CCOCC2)C1. The van der Waals surface area contributed by atoms with E-state index in [9.17, 15) is 4.79 Å². The predicted molar refractivity (Wildman–Crippen MR) is 61.9 cm³/mol. The summed E-state index contributed by atoms with van der Waals surface area (Å²) in [6.45, 7) is 5.43. The average molecular weight is 226 g/mol. The van der Waals surface area contributed by atoms with Crippen LogP contribution in [-0.2, 0) is 9.53 Å². The Bertz CT molecular complexity index is 262. The summed E-state index contributed by atoms with van der Waals surface area (Å²) in [6.07, 6.45) is 4.04. The molecule has 0 aromatic carbocycles. The first kappa shape index (κ1) is 11.9. The van der Waals surface area contributed by atoms with Crippen molar-refractivity contribution in [2.24, 2.45) is 11.1 Å². The third-order valence-electron chi connectivity index (χ3n) is 4.06.